The molecule has 5 nitrogen and oxygen atoms in total. The van der Waals surface area contributed by atoms with Crippen molar-refractivity contribution in [3.8, 4) is 0 Å². The van der Waals surface area contributed by atoms with Gasteiger partial charge in [-0.1, -0.05) is 13.5 Å². The van der Waals surface area contributed by atoms with Gasteiger partial charge in [0.2, 0.25) is 5.95 Å². The third-order valence-corrected chi connectivity index (χ3v) is 4.72. The van der Waals surface area contributed by atoms with Crippen LogP contribution in [0.25, 0.3) is 5.70 Å². The molecule has 2 aromatic rings. The van der Waals surface area contributed by atoms with Gasteiger partial charge in [-0.25, -0.2) is 4.98 Å². The van der Waals surface area contributed by atoms with E-state index in [-0.39, 0.29) is 19.0 Å². The first-order chi connectivity index (χ1) is 12.0. The van der Waals surface area contributed by atoms with Crippen LogP contribution >= 0.6 is 0 Å². The third kappa shape index (κ3) is 3.14. The Morgan fingerprint density at radius 1 is 1.35 bits per heavy atom. The van der Waals surface area contributed by atoms with Crippen molar-refractivity contribution in [2.75, 3.05) is 5.32 Å². The van der Waals surface area contributed by atoms with Crippen LogP contribution in [0.4, 0.5) is 10.1 Å². The van der Waals surface area contributed by atoms with Crippen LogP contribution in [0.2, 0.25) is 0 Å². The number of hydrogen-bond acceptors (Lipinski definition) is 4. The Morgan fingerprint density at radius 3 is 2.81 bits per heavy atom. The molecule has 1 aliphatic carbocycles. The van der Waals surface area contributed by atoms with Crippen LogP contribution in [0.15, 0.2) is 42.2 Å². The molecule has 4 rings (SSSR count). The van der Waals surface area contributed by atoms with Crippen LogP contribution in [-0.4, -0.2) is 21.8 Å². The summed E-state index contributed by atoms with van der Waals surface area (Å²) in [5, 5.41) is 2.96. The molecule has 3 N–H and O–H groups in total. The lowest BCUT2D eigenvalue weighted by molar-refractivity contribution is 0.0766. The molecule has 136 valence electrons. The predicted molar refractivity (Wildman–Crippen MR) is 101 cm³/mol. The van der Waals surface area contributed by atoms with Crippen LogP contribution in [0, 0.1) is 5.95 Å². The highest BCUT2D eigenvalue weighted by Crippen LogP contribution is 2.35. The number of halogens is 1. The molecule has 1 fully saturated rings. The number of nitrogens with one attached hydrogen (secondary N) is 1. The largest absolute Gasteiger partial charge is 0.397 e. The number of hydrogen-bond donors (Lipinski definition) is 2. The van der Waals surface area contributed by atoms with Crippen LogP contribution in [-0.2, 0) is 6.54 Å². The highest BCUT2D eigenvalue weighted by Gasteiger charge is 2.38. The Bertz CT molecular complexity index is 889. The van der Waals surface area contributed by atoms with Gasteiger partial charge in [0.1, 0.15) is 0 Å². The van der Waals surface area contributed by atoms with Gasteiger partial charge in [0, 0.05) is 30.0 Å². The lowest BCUT2D eigenvalue weighted by atomic mass is 10.0. The van der Waals surface area contributed by atoms with Crippen molar-refractivity contribution in [2.45, 2.75) is 39.8 Å². The van der Waals surface area contributed by atoms with E-state index in [0.717, 1.165) is 29.5 Å². The number of aromatic nitrogens is 1. The number of rotatable bonds is 4. The number of amides is 1. The summed E-state index contributed by atoms with van der Waals surface area (Å²) in [4.78, 5) is 17.9. The SMILES string of the molecule is C.C/C(Nc1cccnc1F)=C(/N)c1ccc2c(c1)CN(C1CC1)C2=O. The van der Waals surface area contributed by atoms with Gasteiger partial charge in [-0.05, 0) is 55.2 Å². The Labute approximate surface area is 152 Å². The van der Waals surface area contributed by atoms with Gasteiger partial charge < -0.3 is 16.0 Å². The molecule has 2 aliphatic rings. The fourth-order valence-corrected chi connectivity index (χ4v) is 3.16. The van der Waals surface area contributed by atoms with E-state index in [0.29, 0.717) is 24.0 Å². The molecule has 26 heavy (non-hydrogen) atoms. The van der Waals surface area contributed by atoms with Crippen LogP contribution in [0.5, 0.6) is 0 Å². The van der Waals surface area contributed by atoms with E-state index >= 15 is 0 Å². The second kappa shape index (κ2) is 6.78. The molecule has 0 unspecified atom stereocenters. The first-order valence-corrected chi connectivity index (χ1v) is 8.33. The summed E-state index contributed by atoms with van der Waals surface area (Å²) in [6, 6.07) is 9.28. The second-order valence-corrected chi connectivity index (χ2v) is 6.54. The van der Waals surface area contributed by atoms with E-state index in [1.165, 1.54) is 6.20 Å². The standard InChI is InChI=1S/C19H19FN4O.CH4/c1-11(23-16-3-2-8-22-18(16)20)17(21)12-4-7-15-13(9-12)10-24(19(15)25)14-5-6-14;/h2-4,7-9,14,23H,5-6,10,21H2,1H3;1H4/b17-11-;. The smallest absolute Gasteiger partial charge is 0.254 e. The Hall–Kier alpha value is -2.89. The average Bonchev–Trinajstić information content (AvgIpc) is 3.40. The molecule has 1 amide bonds. The minimum absolute atomic E-state index is 0. The quantitative estimate of drug-likeness (QED) is 0.821. The van der Waals surface area contributed by atoms with Crippen LogP contribution in [0.3, 0.4) is 0 Å². The molecule has 0 bridgehead atoms. The Balaban J connectivity index is 0.00000196. The fourth-order valence-electron chi connectivity index (χ4n) is 3.16. The Kier molecular flexibility index (Phi) is 4.68. The first kappa shape index (κ1) is 17.9. The number of pyridine rings is 1. The number of allylic oxidation sites excluding steroid dienone is 1. The molecular formula is C20H23FN4O. The molecular weight excluding hydrogens is 331 g/mol. The van der Waals surface area contributed by atoms with Gasteiger partial charge in [-0.3, -0.25) is 4.79 Å². The van der Waals surface area contributed by atoms with Gasteiger partial charge >= 0.3 is 0 Å². The first-order valence-electron chi connectivity index (χ1n) is 8.33. The van der Waals surface area contributed by atoms with E-state index < -0.39 is 5.95 Å². The van der Waals surface area contributed by atoms with Gasteiger partial charge in [0.25, 0.3) is 5.91 Å². The fraction of sp³-hybridized carbons (Fsp3) is 0.300. The molecule has 6 heteroatoms. The number of fused-ring (bicyclic) bond motifs is 1. The normalized spacial score (nSPS) is 16.7. The van der Waals surface area contributed by atoms with Crippen LogP contribution < -0.4 is 11.1 Å². The minimum atomic E-state index is -0.575. The molecule has 1 saturated carbocycles. The summed E-state index contributed by atoms with van der Waals surface area (Å²) in [6.07, 6.45) is 3.58. The van der Waals surface area contributed by atoms with E-state index in [1.54, 1.807) is 19.1 Å². The van der Waals surface area contributed by atoms with Crippen molar-refractivity contribution < 1.29 is 9.18 Å². The molecule has 0 saturated heterocycles. The zero-order valence-electron chi connectivity index (χ0n) is 13.9. The monoisotopic (exact) mass is 354 g/mol. The predicted octanol–water partition coefficient (Wildman–Crippen LogP) is 3.73. The maximum Gasteiger partial charge on any atom is 0.254 e. The van der Waals surface area contributed by atoms with Gasteiger partial charge in [-0.2, -0.15) is 4.39 Å². The van der Waals surface area contributed by atoms with Gasteiger partial charge in [-0.15, -0.1) is 0 Å². The average molecular weight is 354 g/mol. The van der Waals surface area contributed by atoms with Crippen molar-refractivity contribution in [3.63, 3.8) is 0 Å². The zero-order chi connectivity index (χ0) is 17.6. The van der Waals surface area contributed by atoms with Crippen molar-refractivity contribution in [1.82, 2.24) is 9.88 Å². The maximum absolute atomic E-state index is 13.7. The number of carbonyl (C=O) groups excluding carboxylic acids is 1. The lowest BCUT2D eigenvalue weighted by Crippen LogP contribution is -2.25. The molecule has 1 aromatic heterocycles. The van der Waals surface area contributed by atoms with Gasteiger partial charge in [0.15, 0.2) is 0 Å². The summed E-state index contributed by atoms with van der Waals surface area (Å²) < 4.78 is 13.7. The molecule has 2 heterocycles. The van der Waals surface area contributed by atoms with E-state index in [4.69, 9.17) is 5.73 Å². The summed E-state index contributed by atoms with van der Waals surface area (Å²) >= 11 is 0. The van der Waals surface area contributed by atoms with Crippen molar-refractivity contribution >= 4 is 17.3 Å². The van der Waals surface area contributed by atoms with E-state index in [9.17, 15) is 9.18 Å². The van der Waals surface area contributed by atoms with Crippen molar-refractivity contribution in [1.29, 1.82) is 0 Å². The molecule has 0 spiro atoms. The summed E-state index contributed by atoms with van der Waals surface area (Å²) in [6.45, 7) is 2.43. The lowest BCUT2D eigenvalue weighted by Gasteiger charge is -2.13. The second-order valence-electron chi connectivity index (χ2n) is 6.54. The third-order valence-electron chi connectivity index (χ3n) is 4.72. The molecule has 0 atom stereocenters. The molecule has 1 aliphatic heterocycles. The minimum Gasteiger partial charge on any atom is -0.397 e. The highest BCUT2D eigenvalue weighted by molar-refractivity contribution is 5.99. The Morgan fingerprint density at radius 2 is 2.12 bits per heavy atom. The van der Waals surface area contributed by atoms with E-state index in [2.05, 4.69) is 10.3 Å². The van der Waals surface area contributed by atoms with Crippen LogP contribution in [0.1, 0.15) is 48.7 Å². The number of nitrogens with two attached hydrogens (primary N) is 1. The number of nitrogens with zero attached hydrogens (tertiary/aromatic N) is 2. The maximum atomic E-state index is 13.7. The summed E-state index contributed by atoms with van der Waals surface area (Å²) in [7, 11) is 0. The number of carbonyl (C=O) groups is 1. The summed E-state index contributed by atoms with van der Waals surface area (Å²) in [5.41, 5.74) is 10.2. The topological polar surface area (TPSA) is 71.2 Å². The molecule has 0 radical (unpaired) electrons. The molecule has 1 aromatic carbocycles. The highest BCUT2D eigenvalue weighted by atomic mass is 19.1. The number of anilines is 1. The van der Waals surface area contributed by atoms with E-state index in [1.807, 2.05) is 23.1 Å². The zero-order valence-corrected chi connectivity index (χ0v) is 13.9. The summed E-state index contributed by atoms with van der Waals surface area (Å²) in [5.74, 6) is -0.465. The number of benzene rings is 1. The van der Waals surface area contributed by atoms with Gasteiger partial charge in [0.05, 0.1) is 11.4 Å². The van der Waals surface area contributed by atoms with Crippen molar-refractivity contribution in [2.24, 2.45) is 5.73 Å². The van der Waals surface area contributed by atoms with Crippen molar-refractivity contribution in [3.05, 3.63) is 64.9 Å².